The number of benzene rings is 1. The topological polar surface area (TPSA) is 92.9 Å². The van der Waals surface area contributed by atoms with E-state index >= 15 is 0 Å². The summed E-state index contributed by atoms with van der Waals surface area (Å²) in [6.07, 6.45) is 4.00. The number of hydrogen-bond donors (Lipinski definition) is 2. The van der Waals surface area contributed by atoms with Gasteiger partial charge in [-0.2, -0.15) is 0 Å². The molecule has 0 radical (unpaired) electrons. The van der Waals surface area contributed by atoms with Crippen molar-refractivity contribution in [2.45, 2.75) is 39.7 Å². The normalized spacial score (nSPS) is 14.5. The van der Waals surface area contributed by atoms with E-state index < -0.39 is 0 Å². The molecule has 1 aliphatic carbocycles. The second kappa shape index (κ2) is 7.42. The molecule has 3 aromatic rings. The van der Waals surface area contributed by atoms with Crippen LogP contribution < -0.4 is 10.6 Å². The van der Waals surface area contributed by atoms with Crippen LogP contribution in [0.3, 0.4) is 0 Å². The molecule has 4 rings (SSSR count). The van der Waals surface area contributed by atoms with E-state index in [0.29, 0.717) is 23.4 Å². The van der Waals surface area contributed by atoms with Gasteiger partial charge < -0.3 is 15.1 Å². The Bertz CT molecular complexity index is 1010. The van der Waals surface area contributed by atoms with Crippen LogP contribution in [0.25, 0.3) is 11.5 Å². The third kappa shape index (κ3) is 4.03. The molecule has 1 atom stereocenters. The number of nitrogens with zero attached hydrogens (tertiary/aromatic N) is 3. The summed E-state index contributed by atoms with van der Waals surface area (Å²) in [6.45, 7) is 5.72. The van der Waals surface area contributed by atoms with Crippen molar-refractivity contribution in [2.24, 2.45) is 5.92 Å². The Kier molecular flexibility index (Phi) is 4.81. The zero-order valence-electron chi connectivity index (χ0n) is 16.2. The number of hydrogen-bond acceptors (Lipinski definition) is 5. The van der Waals surface area contributed by atoms with Crippen LogP contribution in [-0.4, -0.2) is 21.2 Å². The molecule has 1 fully saturated rings. The fourth-order valence-corrected chi connectivity index (χ4v) is 3.20. The number of carbonyl (C=O) groups excluding carboxylic acids is 1. The molecule has 7 nitrogen and oxygen atoms in total. The Morgan fingerprint density at radius 2 is 1.96 bits per heavy atom. The molecule has 0 aliphatic heterocycles. The highest BCUT2D eigenvalue weighted by Gasteiger charge is 2.34. The molecule has 2 amide bonds. The molecule has 0 spiro atoms. The predicted octanol–water partition coefficient (Wildman–Crippen LogP) is 4.33. The molecule has 7 heteroatoms. The van der Waals surface area contributed by atoms with Crippen molar-refractivity contribution in [2.75, 3.05) is 5.32 Å². The number of carbonyl (C=O) groups is 1. The van der Waals surface area contributed by atoms with Gasteiger partial charge in [-0.3, -0.25) is 4.98 Å². The minimum absolute atomic E-state index is 0.0815. The fourth-order valence-electron chi connectivity index (χ4n) is 3.20. The molecule has 28 heavy (non-hydrogen) atoms. The molecule has 1 saturated carbocycles. The van der Waals surface area contributed by atoms with Gasteiger partial charge >= 0.3 is 6.03 Å². The average molecular weight is 377 g/mol. The van der Waals surface area contributed by atoms with E-state index in [2.05, 4.69) is 25.8 Å². The lowest BCUT2D eigenvalue weighted by Gasteiger charge is -2.19. The average Bonchev–Trinajstić information content (AvgIpc) is 3.42. The number of rotatable bonds is 5. The molecular formula is C21H23N5O2. The van der Waals surface area contributed by atoms with Gasteiger partial charge in [-0.1, -0.05) is 6.07 Å². The number of anilines is 1. The van der Waals surface area contributed by atoms with Gasteiger partial charge in [0.2, 0.25) is 11.8 Å². The smallest absolute Gasteiger partial charge is 0.319 e. The van der Waals surface area contributed by atoms with E-state index in [4.69, 9.17) is 4.42 Å². The van der Waals surface area contributed by atoms with Crippen LogP contribution in [0.2, 0.25) is 0 Å². The van der Waals surface area contributed by atoms with Gasteiger partial charge in [0.1, 0.15) is 0 Å². The first kappa shape index (κ1) is 18.2. The highest BCUT2D eigenvalue weighted by atomic mass is 16.4. The van der Waals surface area contributed by atoms with Crippen LogP contribution in [0.5, 0.6) is 0 Å². The molecule has 2 heterocycles. The number of urea groups is 1. The van der Waals surface area contributed by atoms with E-state index in [-0.39, 0.29) is 12.1 Å². The zero-order chi connectivity index (χ0) is 19.7. The maximum Gasteiger partial charge on any atom is 0.319 e. The van der Waals surface area contributed by atoms with Gasteiger partial charge in [-0.15, -0.1) is 10.2 Å². The third-order valence-corrected chi connectivity index (χ3v) is 4.89. The van der Waals surface area contributed by atoms with Gasteiger partial charge in [-0.05, 0) is 68.0 Å². The molecule has 0 saturated heterocycles. The molecular weight excluding hydrogens is 354 g/mol. The second-order valence-electron chi connectivity index (χ2n) is 7.33. The van der Waals surface area contributed by atoms with Crippen LogP contribution in [-0.2, 0) is 0 Å². The summed E-state index contributed by atoms with van der Waals surface area (Å²) in [5.41, 5.74) is 4.46. The Hall–Kier alpha value is -3.22. The van der Waals surface area contributed by atoms with Gasteiger partial charge in [-0.25, -0.2) is 4.79 Å². The molecule has 1 aliphatic rings. The maximum absolute atomic E-state index is 12.7. The van der Waals surface area contributed by atoms with E-state index in [1.54, 1.807) is 13.1 Å². The van der Waals surface area contributed by atoms with Crippen LogP contribution in [0.4, 0.5) is 10.5 Å². The Morgan fingerprint density at radius 3 is 2.64 bits per heavy atom. The summed E-state index contributed by atoms with van der Waals surface area (Å²) in [7, 11) is 0. The van der Waals surface area contributed by atoms with E-state index in [1.165, 1.54) is 0 Å². The number of nitrogens with one attached hydrogen (secondary N) is 2. The van der Waals surface area contributed by atoms with E-state index in [1.807, 2.05) is 44.2 Å². The first-order chi connectivity index (χ1) is 13.5. The van der Waals surface area contributed by atoms with Crippen LogP contribution in [0.1, 0.15) is 41.6 Å². The van der Waals surface area contributed by atoms with Gasteiger partial charge in [0.25, 0.3) is 0 Å². The standard InChI is InChI=1S/C21H23N5O2/c1-12-8-9-22-18(10-12)19(15-6-7-15)24-21(27)23-17-11-16(5-4-13(17)2)20-26-25-14(3)28-20/h4-5,8-11,15,19H,6-7H2,1-3H3,(H2,23,24,27). The summed E-state index contributed by atoms with van der Waals surface area (Å²) < 4.78 is 5.48. The first-order valence-corrected chi connectivity index (χ1v) is 9.41. The summed E-state index contributed by atoms with van der Waals surface area (Å²) >= 11 is 0. The molecule has 2 N–H and O–H groups in total. The summed E-state index contributed by atoms with van der Waals surface area (Å²) in [5, 5.41) is 14.0. The summed E-state index contributed by atoms with van der Waals surface area (Å²) in [4.78, 5) is 17.2. The van der Waals surface area contributed by atoms with Crippen molar-refractivity contribution in [1.29, 1.82) is 0 Å². The van der Waals surface area contributed by atoms with Crippen molar-refractivity contribution < 1.29 is 9.21 Å². The quantitative estimate of drug-likeness (QED) is 0.690. The lowest BCUT2D eigenvalue weighted by molar-refractivity contribution is 0.246. The number of aromatic nitrogens is 3. The predicted molar refractivity (Wildman–Crippen MR) is 106 cm³/mol. The van der Waals surface area contributed by atoms with Crippen LogP contribution in [0, 0.1) is 26.7 Å². The van der Waals surface area contributed by atoms with Crippen molar-refractivity contribution in [3.8, 4) is 11.5 Å². The molecule has 1 unspecified atom stereocenters. The maximum atomic E-state index is 12.7. The first-order valence-electron chi connectivity index (χ1n) is 9.41. The number of amides is 2. The molecule has 144 valence electrons. The van der Waals surface area contributed by atoms with E-state index in [0.717, 1.165) is 35.2 Å². The minimum Gasteiger partial charge on any atom is -0.421 e. The van der Waals surface area contributed by atoms with Crippen molar-refractivity contribution in [1.82, 2.24) is 20.5 Å². The van der Waals surface area contributed by atoms with Crippen LogP contribution in [0.15, 0.2) is 40.9 Å². The van der Waals surface area contributed by atoms with E-state index in [9.17, 15) is 4.79 Å². The zero-order valence-corrected chi connectivity index (χ0v) is 16.2. The summed E-state index contributed by atoms with van der Waals surface area (Å²) in [6, 6.07) is 9.33. The largest absolute Gasteiger partial charge is 0.421 e. The van der Waals surface area contributed by atoms with Gasteiger partial charge in [0.05, 0.1) is 11.7 Å². The van der Waals surface area contributed by atoms with Crippen molar-refractivity contribution in [3.05, 3.63) is 59.2 Å². The third-order valence-electron chi connectivity index (χ3n) is 4.89. The minimum atomic E-state index is -0.248. The lowest BCUT2D eigenvalue weighted by atomic mass is 10.1. The number of aryl methyl sites for hydroxylation is 3. The van der Waals surface area contributed by atoms with Crippen molar-refractivity contribution in [3.63, 3.8) is 0 Å². The lowest BCUT2D eigenvalue weighted by Crippen LogP contribution is -2.34. The summed E-state index contributed by atoms with van der Waals surface area (Å²) in [5.74, 6) is 1.37. The Morgan fingerprint density at radius 1 is 1.14 bits per heavy atom. The van der Waals surface area contributed by atoms with Crippen molar-refractivity contribution >= 4 is 11.7 Å². The monoisotopic (exact) mass is 377 g/mol. The molecule has 2 aromatic heterocycles. The SMILES string of the molecule is Cc1ccnc(C(NC(=O)Nc2cc(-c3nnc(C)o3)ccc2C)C2CC2)c1. The van der Waals surface area contributed by atoms with Crippen LogP contribution >= 0.6 is 0 Å². The van der Waals surface area contributed by atoms with Gasteiger partial charge in [0.15, 0.2) is 0 Å². The molecule has 0 bridgehead atoms. The Labute approximate surface area is 163 Å². The van der Waals surface area contributed by atoms with Gasteiger partial charge in [0, 0.05) is 24.4 Å². The second-order valence-corrected chi connectivity index (χ2v) is 7.33. The molecule has 1 aromatic carbocycles. The fraction of sp³-hybridized carbons (Fsp3) is 0.333. The highest BCUT2D eigenvalue weighted by Crippen LogP contribution is 2.40. The Balaban J connectivity index is 1.51. The number of pyridine rings is 1. The highest BCUT2D eigenvalue weighted by molar-refractivity contribution is 5.91.